The molecular formula is C16H24ClNO4. The molecule has 1 unspecified atom stereocenters. The second-order valence-electron chi connectivity index (χ2n) is 5.24. The first kappa shape index (κ1) is 18.7. The van der Waals surface area contributed by atoms with Crippen LogP contribution in [0.5, 0.6) is 5.75 Å². The van der Waals surface area contributed by atoms with Gasteiger partial charge < -0.3 is 14.2 Å². The number of nitrogens with zero attached hydrogens (tertiary/aromatic N) is 1. The quantitative estimate of drug-likeness (QED) is 0.746. The lowest BCUT2D eigenvalue weighted by molar-refractivity contribution is -0.148. The number of morpholine rings is 1. The highest BCUT2D eigenvalue weighted by Crippen LogP contribution is 2.12. The van der Waals surface area contributed by atoms with E-state index < -0.39 is 0 Å². The molecule has 0 saturated carbocycles. The second kappa shape index (κ2) is 9.66. The Morgan fingerprint density at radius 3 is 2.50 bits per heavy atom. The number of ether oxygens (including phenoxy) is 3. The summed E-state index contributed by atoms with van der Waals surface area (Å²) in [6.07, 6.45) is 0.186. The van der Waals surface area contributed by atoms with Crippen molar-refractivity contribution in [3.63, 3.8) is 0 Å². The number of benzene rings is 1. The second-order valence-corrected chi connectivity index (χ2v) is 5.24. The number of hydrogen-bond donors (Lipinski definition) is 0. The van der Waals surface area contributed by atoms with Crippen molar-refractivity contribution in [3.05, 3.63) is 29.8 Å². The van der Waals surface area contributed by atoms with Crippen molar-refractivity contribution in [2.24, 2.45) is 0 Å². The number of methoxy groups -OCH3 is 1. The number of carbonyl (C=O) groups is 1. The Morgan fingerprint density at radius 1 is 1.27 bits per heavy atom. The molecule has 124 valence electrons. The van der Waals surface area contributed by atoms with Crippen LogP contribution in [0.1, 0.15) is 12.5 Å². The Labute approximate surface area is 137 Å². The van der Waals surface area contributed by atoms with Gasteiger partial charge in [-0.1, -0.05) is 12.1 Å². The van der Waals surface area contributed by atoms with Crippen molar-refractivity contribution >= 4 is 18.4 Å². The maximum absolute atomic E-state index is 11.9. The van der Waals surface area contributed by atoms with E-state index in [1.807, 2.05) is 31.2 Å². The number of hydrogen-bond acceptors (Lipinski definition) is 5. The average Bonchev–Trinajstić information content (AvgIpc) is 2.48. The molecule has 1 aliphatic heterocycles. The summed E-state index contributed by atoms with van der Waals surface area (Å²) in [6.45, 7) is 6.01. The summed E-state index contributed by atoms with van der Waals surface area (Å²) in [4.78, 5) is 14.2. The molecule has 1 aliphatic rings. The molecule has 1 aromatic carbocycles. The first-order chi connectivity index (χ1) is 10.2. The molecule has 0 radical (unpaired) electrons. The lowest BCUT2D eigenvalue weighted by Crippen LogP contribution is -2.41. The summed E-state index contributed by atoms with van der Waals surface area (Å²) in [5.41, 5.74) is 0.930. The third-order valence-electron chi connectivity index (χ3n) is 3.46. The monoisotopic (exact) mass is 329 g/mol. The maximum Gasteiger partial charge on any atom is 0.310 e. The minimum Gasteiger partial charge on any atom is -0.497 e. The van der Waals surface area contributed by atoms with Gasteiger partial charge in [-0.05, 0) is 24.6 Å². The van der Waals surface area contributed by atoms with E-state index in [2.05, 4.69) is 4.90 Å². The van der Waals surface area contributed by atoms with E-state index in [0.29, 0.717) is 0 Å². The summed E-state index contributed by atoms with van der Waals surface area (Å²) in [5, 5.41) is 0. The van der Waals surface area contributed by atoms with Gasteiger partial charge in [-0.2, -0.15) is 0 Å². The molecule has 22 heavy (non-hydrogen) atoms. The van der Waals surface area contributed by atoms with Crippen LogP contribution in [0, 0.1) is 0 Å². The van der Waals surface area contributed by atoms with Gasteiger partial charge in [0.05, 0.1) is 26.7 Å². The van der Waals surface area contributed by atoms with Crippen molar-refractivity contribution in [2.45, 2.75) is 19.4 Å². The standard InChI is InChI=1S/C16H23NO4.ClH/c1-13(12-17-7-9-20-10-8-17)21-16(18)11-14-3-5-15(19-2)6-4-14;/h3-6,13H,7-12H2,1-2H3;1H. The van der Waals surface area contributed by atoms with E-state index in [1.165, 1.54) is 0 Å². The number of carbonyl (C=O) groups excluding carboxylic acids is 1. The minimum atomic E-state index is -0.194. The zero-order valence-electron chi connectivity index (χ0n) is 13.1. The van der Waals surface area contributed by atoms with Gasteiger partial charge in [0.1, 0.15) is 11.9 Å². The normalized spacial score (nSPS) is 16.5. The Bertz CT molecular complexity index is 446. The molecule has 1 heterocycles. The number of rotatable bonds is 6. The Balaban J connectivity index is 0.00000242. The first-order valence-electron chi connectivity index (χ1n) is 7.30. The molecule has 1 saturated heterocycles. The van der Waals surface area contributed by atoms with Gasteiger partial charge in [0.2, 0.25) is 0 Å². The first-order valence-corrected chi connectivity index (χ1v) is 7.30. The molecule has 6 heteroatoms. The van der Waals surface area contributed by atoms with Crippen LogP contribution in [0.2, 0.25) is 0 Å². The lowest BCUT2D eigenvalue weighted by atomic mass is 10.1. The van der Waals surface area contributed by atoms with Crippen LogP contribution in [0.15, 0.2) is 24.3 Å². The fourth-order valence-corrected chi connectivity index (χ4v) is 2.36. The van der Waals surface area contributed by atoms with Crippen molar-refractivity contribution in [1.29, 1.82) is 0 Å². The number of esters is 1. The molecule has 0 amide bonds. The Kier molecular flexibility index (Phi) is 8.24. The van der Waals surface area contributed by atoms with Crippen molar-refractivity contribution < 1.29 is 19.0 Å². The highest BCUT2D eigenvalue weighted by molar-refractivity contribution is 5.85. The third kappa shape index (κ3) is 6.22. The van der Waals surface area contributed by atoms with Crippen molar-refractivity contribution in [1.82, 2.24) is 4.90 Å². The van der Waals surface area contributed by atoms with Crippen LogP contribution >= 0.6 is 12.4 Å². The molecule has 0 aliphatic carbocycles. The summed E-state index contributed by atoms with van der Waals surface area (Å²) >= 11 is 0. The predicted octanol–water partition coefficient (Wildman–Crippen LogP) is 1.92. The van der Waals surface area contributed by atoms with E-state index in [0.717, 1.165) is 44.2 Å². The van der Waals surface area contributed by atoms with E-state index >= 15 is 0 Å². The van der Waals surface area contributed by atoms with Crippen LogP contribution in [0.4, 0.5) is 0 Å². The summed E-state index contributed by atoms with van der Waals surface area (Å²) in [5.74, 6) is 0.591. The molecule has 0 N–H and O–H groups in total. The fraction of sp³-hybridized carbons (Fsp3) is 0.562. The van der Waals surface area contributed by atoms with Crippen LogP contribution < -0.4 is 4.74 Å². The zero-order chi connectivity index (χ0) is 15.1. The fourth-order valence-electron chi connectivity index (χ4n) is 2.36. The van der Waals surface area contributed by atoms with Crippen LogP contribution in [-0.2, 0) is 20.7 Å². The van der Waals surface area contributed by atoms with E-state index in [9.17, 15) is 4.79 Å². The molecule has 2 rings (SSSR count). The summed E-state index contributed by atoms with van der Waals surface area (Å²) in [7, 11) is 1.62. The smallest absolute Gasteiger partial charge is 0.310 e. The van der Waals surface area contributed by atoms with E-state index in [-0.39, 0.29) is 30.9 Å². The molecule has 5 nitrogen and oxygen atoms in total. The topological polar surface area (TPSA) is 48.0 Å². The molecule has 0 bridgehead atoms. The number of halogens is 1. The van der Waals surface area contributed by atoms with Gasteiger partial charge in [0, 0.05) is 19.6 Å². The van der Waals surface area contributed by atoms with Crippen molar-refractivity contribution in [2.75, 3.05) is 40.0 Å². The lowest BCUT2D eigenvalue weighted by Gasteiger charge is -2.28. The van der Waals surface area contributed by atoms with Gasteiger partial charge in [-0.25, -0.2) is 0 Å². The highest BCUT2D eigenvalue weighted by atomic mass is 35.5. The maximum atomic E-state index is 11.9. The van der Waals surface area contributed by atoms with E-state index in [1.54, 1.807) is 7.11 Å². The predicted molar refractivity (Wildman–Crippen MR) is 86.8 cm³/mol. The van der Waals surface area contributed by atoms with E-state index in [4.69, 9.17) is 14.2 Å². The van der Waals surface area contributed by atoms with Crippen LogP contribution in [0.25, 0.3) is 0 Å². The molecule has 1 atom stereocenters. The molecule has 0 aromatic heterocycles. The molecular weight excluding hydrogens is 306 g/mol. The Hall–Kier alpha value is -1.30. The average molecular weight is 330 g/mol. The highest BCUT2D eigenvalue weighted by Gasteiger charge is 2.16. The SMILES string of the molecule is COc1ccc(CC(=O)OC(C)CN2CCOCC2)cc1.Cl. The third-order valence-corrected chi connectivity index (χ3v) is 3.46. The Morgan fingerprint density at radius 2 is 1.91 bits per heavy atom. The van der Waals surface area contributed by atoms with Gasteiger partial charge in [0.25, 0.3) is 0 Å². The molecule has 1 fully saturated rings. The van der Waals surface area contributed by atoms with Gasteiger partial charge in [-0.15, -0.1) is 12.4 Å². The minimum absolute atomic E-state index is 0. The molecule has 1 aromatic rings. The molecule has 0 spiro atoms. The zero-order valence-corrected chi connectivity index (χ0v) is 13.9. The summed E-state index contributed by atoms with van der Waals surface area (Å²) < 4.78 is 15.9. The van der Waals surface area contributed by atoms with Gasteiger partial charge >= 0.3 is 5.97 Å². The van der Waals surface area contributed by atoms with Gasteiger partial charge in [-0.3, -0.25) is 9.69 Å². The summed E-state index contributed by atoms with van der Waals surface area (Å²) in [6, 6.07) is 7.46. The largest absolute Gasteiger partial charge is 0.497 e. The van der Waals surface area contributed by atoms with Gasteiger partial charge in [0.15, 0.2) is 0 Å². The van der Waals surface area contributed by atoms with Crippen LogP contribution in [-0.4, -0.2) is 56.9 Å². The van der Waals surface area contributed by atoms with Crippen LogP contribution in [0.3, 0.4) is 0 Å². The van der Waals surface area contributed by atoms with Crippen molar-refractivity contribution in [3.8, 4) is 5.75 Å².